The molecule has 0 saturated carbocycles. The van der Waals surface area contributed by atoms with E-state index in [4.69, 9.17) is 0 Å². The van der Waals surface area contributed by atoms with E-state index in [-0.39, 0.29) is 16.8 Å². The van der Waals surface area contributed by atoms with Crippen LogP contribution in [0.25, 0.3) is 0 Å². The summed E-state index contributed by atoms with van der Waals surface area (Å²) < 4.78 is 26.6. The van der Waals surface area contributed by atoms with Crippen molar-refractivity contribution in [3.63, 3.8) is 0 Å². The summed E-state index contributed by atoms with van der Waals surface area (Å²) in [7, 11) is 0. The number of fused-ring (bicyclic) bond motifs is 1. The van der Waals surface area contributed by atoms with E-state index in [0.717, 1.165) is 6.07 Å². The maximum Gasteiger partial charge on any atom is 0.258 e. The van der Waals surface area contributed by atoms with Crippen LogP contribution in [0, 0.1) is 18.6 Å². The SMILES string of the molecule is Cc1cc(F)c2c(c1F)C(O)C(=O)N2. The predicted octanol–water partition coefficient (Wildman–Crippen LogP) is 1.26. The number of carbonyl (C=O) groups excluding carboxylic acids is 1. The lowest BCUT2D eigenvalue weighted by atomic mass is 10.1. The second-order valence-corrected chi connectivity index (χ2v) is 3.17. The molecule has 2 rings (SSSR count). The van der Waals surface area contributed by atoms with Crippen LogP contribution in [0.4, 0.5) is 14.5 Å². The monoisotopic (exact) mass is 199 g/mol. The quantitative estimate of drug-likeness (QED) is 0.660. The van der Waals surface area contributed by atoms with Gasteiger partial charge in [-0.1, -0.05) is 0 Å². The molecule has 0 radical (unpaired) electrons. The number of aryl methyl sites for hydroxylation is 1. The molecule has 2 N–H and O–H groups in total. The maximum absolute atomic E-state index is 13.4. The van der Waals surface area contributed by atoms with Crippen molar-refractivity contribution in [2.45, 2.75) is 13.0 Å². The minimum atomic E-state index is -1.61. The lowest BCUT2D eigenvalue weighted by Crippen LogP contribution is -2.11. The van der Waals surface area contributed by atoms with E-state index < -0.39 is 23.6 Å². The van der Waals surface area contributed by atoms with Crippen molar-refractivity contribution in [3.8, 4) is 0 Å². The van der Waals surface area contributed by atoms with Crippen LogP contribution >= 0.6 is 0 Å². The number of anilines is 1. The van der Waals surface area contributed by atoms with Crippen LogP contribution in [0.1, 0.15) is 17.2 Å². The van der Waals surface area contributed by atoms with Gasteiger partial charge in [0, 0.05) is 0 Å². The van der Waals surface area contributed by atoms with E-state index in [9.17, 15) is 18.7 Å². The molecule has 1 unspecified atom stereocenters. The first-order chi connectivity index (χ1) is 6.52. The van der Waals surface area contributed by atoms with Gasteiger partial charge in [0.1, 0.15) is 11.6 Å². The van der Waals surface area contributed by atoms with Crippen molar-refractivity contribution >= 4 is 11.6 Å². The lowest BCUT2D eigenvalue weighted by Gasteiger charge is -2.05. The number of nitrogens with one attached hydrogen (secondary N) is 1. The molecule has 0 bridgehead atoms. The second kappa shape index (κ2) is 2.75. The van der Waals surface area contributed by atoms with Crippen LogP contribution in [0.2, 0.25) is 0 Å². The van der Waals surface area contributed by atoms with Gasteiger partial charge in [-0.15, -0.1) is 0 Å². The van der Waals surface area contributed by atoms with Gasteiger partial charge >= 0.3 is 0 Å². The molecule has 1 heterocycles. The van der Waals surface area contributed by atoms with Crippen LogP contribution < -0.4 is 5.32 Å². The Morgan fingerprint density at radius 3 is 2.79 bits per heavy atom. The maximum atomic E-state index is 13.4. The Labute approximate surface area is 78.4 Å². The van der Waals surface area contributed by atoms with Crippen LogP contribution in [0.5, 0.6) is 0 Å². The Kier molecular flexibility index (Phi) is 1.78. The fourth-order valence-electron chi connectivity index (χ4n) is 1.48. The van der Waals surface area contributed by atoms with Gasteiger partial charge in [0.25, 0.3) is 5.91 Å². The first kappa shape index (κ1) is 9.08. The highest BCUT2D eigenvalue weighted by atomic mass is 19.1. The number of benzene rings is 1. The predicted molar refractivity (Wildman–Crippen MR) is 44.7 cm³/mol. The molecule has 1 aliphatic heterocycles. The lowest BCUT2D eigenvalue weighted by molar-refractivity contribution is -0.123. The Bertz CT molecular complexity index is 431. The van der Waals surface area contributed by atoms with Gasteiger partial charge in [0.15, 0.2) is 6.10 Å². The number of hydrogen-bond acceptors (Lipinski definition) is 2. The minimum absolute atomic E-state index is 0.0665. The van der Waals surface area contributed by atoms with E-state index >= 15 is 0 Å². The van der Waals surface area contributed by atoms with Gasteiger partial charge in [0.2, 0.25) is 0 Å². The molecule has 5 heteroatoms. The molecule has 1 aromatic carbocycles. The van der Waals surface area contributed by atoms with E-state index in [1.807, 2.05) is 0 Å². The summed E-state index contributed by atoms with van der Waals surface area (Å²) >= 11 is 0. The Morgan fingerprint density at radius 1 is 1.50 bits per heavy atom. The first-order valence-corrected chi connectivity index (χ1v) is 3.99. The zero-order chi connectivity index (χ0) is 10.5. The highest BCUT2D eigenvalue weighted by Gasteiger charge is 2.34. The summed E-state index contributed by atoms with van der Waals surface area (Å²) in [6.45, 7) is 1.37. The van der Waals surface area contributed by atoms with Crippen molar-refractivity contribution in [1.82, 2.24) is 0 Å². The van der Waals surface area contributed by atoms with E-state index in [0.29, 0.717) is 0 Å². The fraction of sp³-hybridized carbons (Fsp3) is 0.222. The van der Waals surface area contributed by atoms with Crippen LogP contribution in [-0.4, -0.2) is 11.0 Å². The number of halogens is 2. The normalized spacial score (nSPS) is 19.4. The Balaban J connectivity index is 2.73. The molecule has 14 heavy (non-hydrogen) atoms. The van der Waals surface area contributed by atoms with Crippen molar-refractivity contribution in [1.29, 1.82) is 0 Å². The number of rotatable bonds is 0. The average Bonchev–Trinajstić information content (AvgIpc) is 2.41. The largest absolute Gasteiger partial charge is 0.378 e. The highest BCUT2D eigenvalue weighted by Crippen LogP contribution is 2.36. The van der Waals surface area contributed by atoms with E-state index in [2.05, 4.69) is 5.32 Å². The molecule has 0 aromatic heterocycles. The van der Waals surface area contributed by atoms with Gasteiger partial charge in [-0.05, 0) is 18.6 Å². The molecule has 0 fully saturated rings. The molecule has 0 spiro atoms. The highest BCUT2D eigenvalue weighted by molar-refractivity contribution is 6.02. The zero-order valence-corrected chi connectivity index (χ0v) is 7.27. The molecule has 3 nitrogen and oxygen atoms in total. The van der Waals surface area contributed by atoms with Crippen LogP contribution in [-0.2, 0) is 4.79 Å². The third-order valence-corrected chi connectivity index (χ3v) is 2.20. The topological polar surface area (TPSA) is 49.3 Å². The summed E-state index contributed by atoms with van der Waals surface area (Å²) in [5.74, 6) is -2.28. The van der Waals surface area contributed by atoms with Crippen molar-refractivity contribution < 1.29 is 18.7 Å². The Morgan fingerprint density at radius 2 is 2.14 bits per heavy atom. The first-order valence-electron chi connectivity index (χ1n) is 3.99. The smallest absolute Gasteiger partial charge is 0.258 e. The molecule has 1 atom stereocenters. The molecule has 0 saturated heterocycles. The Hall–Kier alpha value is -1.49. The van der Waals surface area contributed by atoms with Gasteiger partial charge in [0.05, 0.1) is 11.3 Å². The van der Waals surface area contributed by atoms with Crippen molar-refractivity contribution in [3.05, 3.63) is 28.8 Å². The van der Waals surface area contributed by atoms with Gasteiger partial charge in [-0.3, -0.25) is 4.79 Å². The van der Waals surface area contributed by atoms with Crippen molar-refractivity contribution in [2.75, 3.05) is 5.32 Å². The third kappa shape index (κ3) is 1.02. The van der Waals surface area contributed by atoms with Crippen LogP contribution in [0.15, 0.2) is 6.07 Å². The second-order valence-electron chi connectivity index (χ2n) is 3.17. The summed E-state index contributed by atoms with van der Waals surface area (Å²) in [4.78, 5) is 11.0. The molecule has 1 aromatic rings. The summed E-state index contributed by atoms with van der Waals surface area (Å²) in [6.07, 6.45) is -1.61. The summed E-state index contributed by atoms with van der Waals surface area (Å²) in [6, 6.07) is 0.979. The third-order valence-electron chi connectivity index (χ3n) is 2.20. The van der Waals surface area contributed by atoms with E-state index in [1.165, 1.54) is 6.92 Å². The van der Waals surface area contributed by atoms with Crippen LogP contribution in [0.3, 0.4) is 0 Å². The number of hydrogen-bond donors (Lipinski definition) is 2. The number of amides is 1. The average molecular weight is 199 g/mol. The van der Waals surface area contributed by atoms with Gasteiger partial charge in [-0.2, -0.15) is 0 Å². The standard InChI is InChI=1S/C9H7F2NO2/c1-3-2-4(10)7-5(6(3)11)8(13)9(14)12-7/h2,8,13H,1H3,(H,12,14). The van der Waals surface area contributed by atoms with Crippen molar-refractivity contribution in [2.24, 2.45) is 0 Å². The molecular weight excluding hydrogens is 192 g/mol. The van der Waals surface area contributed by atoms with Gasteiger partial charge in [-0.25, -0.2) is 8.78 Å². The fourth-order valence-corrected chi connectivity index (χ4v) is 1.48. The number of aliphatic hydroxyl groups is 1. The number of aliphatic hydroxyl groups excluding tert-OH is 1. The van der Waals surface area contributed by atoms with Gasteiger partial charge < -0.3 is 10.4 Å². The molecule has 74 valence electrons. The summed E-state index contributed by atoms with van der Waals surface area (Å²) in [5.41, 5.74) is -0.491. The zero-order valence-electron chi connectivity index (χ0n) is 7.27. The molecule has 1 amide bonds. The number of carbonyl (C=O) groups is 1. The molecule has 1 aliphatic rings. The molecule has 0 aliphatic carbocycles. The summed E-state index contributed by atoms with van der Waals surface area (Å²) in [5, 5.41) is 11.3. The molecular formula is C9H7F2NO2. The van der Waals surface area contributed by atoms with E-state index in [1.54, 1.807) is 0 Å². The minimum Gasteiger partial charge on any atom is -0.378 e.